The van der Waals surface area contributed by atoms with Crippen molar-refractivity contribution in [2.45, 2.75) is 65.1 Å². The van der Waals surface area contributed by atoms with Crippen molar-refractivity contribution >= 4 is 23.6 Å². The van der Waals surface area contributed by atoms with Gasteiger partial charge in [0.15, 0.2) is 0 Å². The van der Waals surface area contributed by atoms with Crippen LogP contribution in [0.4, 0.5) is 0 Å². The molecule has 1 aliphatic carbocycles. The maximum atomic E-state index is 13.4. The molecule has 0 radical (unpaired) electrons. The molecule has 1 aromatic carbocycles. The second kappa shape index (κ2) is 11.3. The summed E-state index contributed by atoms with van der Waals surface area (Å²) in [5, 5.41) is 2.90. The molecule has 0 saturated carbocycles. The summed E-state index contributed by atoms with van der Waals surface area (Å²) in [6.07, 6.45) is 5.43. The van der Waals surface area contributed by atoms with Crippen LogP contribution in [0.15, 0.2) is 36.4 Å². The van der Waals surface area contributed by atoms with Gasteiger partial charge in [0.2, 0.25) is 23.6 Å². The number of likely N-dealkylation sites (tertiary alicyclic amines) is 1. The van der Waals surface area contributed by atoms with Gasteiger partial charge in [-0.15, -0.1) is 0 Å². The van der Waals surface area contributed by atoms with Crippen molar-refractivity contribution in [3.05, 3.63) is 42.0 Å². The van der Waals surface area contributed by atoms with Crippen molar-refractivity contribution in [2.24, 2.45) is 11.8 Å². The third-order valence-electron chi connectivity index (χ3n) is 6.48. The van der Waals surface area contributed by atoms with Gasteiger partial charge in [0, 0.05) is 25.6 Å². The molecule has 1 N–H and O–H groups in total. The fourth-order valence-corrected chi connectivity index (χ4v) is 4.67. The first-order valence-electron chi connectivity index (χ1n) is 12.0. The van der Waals surface area contributed by atoms with Gasteiger partial charge < -0.3 is 15.0 Å². The van der Waals surface area contributed by atoms with Gasteiger partial charge in [0.05, 0.1) is 18.9 Å². The van der Waals surface area contributed by atoms with E-state index >= 15 is 0 Å². The molecule has 0 unspecified atom stereocenters. The summed E-state index contributed by atoms with van der Waals surface area (Å²) >= 11 is 0. The van der Waals surface area contributed by atoms with Gasteiger partial charge in [-0.3, -0.25) is 24.1 Å². The first-order valence-corrected chi connectivity index (χ1v) is 12.0. The molecule has 0 bridgehead atoms. The van der Waals surface area contributed by atoms with Crippen LogP contribution in [0.3, 0.4) is 0 Å². The monoisotopic (exact) mass is 469 g/mol. The lowest BCUT2D eigenvalue weighted by molar-refractivity contribution is -0.144. The number of fused-ring (bicyclic) bond motifs is 1. The maximum Gasteiger partial charge on any atom is 0.243 e. The molecule has 184 valence electrons. The zero-order valence-electron chi connectivity index (χ0n) is 20.5. The summed E-state index contributed by atoms with van der Waals surface area (Å²) in [7, 11) is 1.58. The molecule has 0 aromatic heterocycles. The molecule has 1 saturated heterocycles. The number of hydrogen-bond donors (Lipinski definition) is 1. The summed E-state index contributed by atoms with van der Waals surface area (Å²) in [5.41, 5.74) is 0.857. The normalized spacial score (nSPS) is 20.3. The number of nitrogens with zero attached hydrogens (tertiary/aromatic N) is 2. The number of benzene rings is 1. The summed E-state index contributed by atoms with van der Waals surface area (Å²) in [4.78, 5) is 54.7. The smallest absolute Gasteiger partial charge is 0.243 e. The molecule has 3 rings (SSSR count). The summed E-state index contributed by atoms with van der Waals surface area (Å²) in [6.45, 7) is 5.89. The Hall–Kier alpha value is -3.16. The SMILES string of the molecule is CC[C@H](C(=O)NC(C)C)N(Cc1ccc(OC)cc1)C(=O)CCN1C(=O)[C@H]2CC=CC[C@H]2C1=O. The number of hydrogen-bond acceptors (Lipinski definition) is 5. The molecule has 3 atom stereocenters. The summed E-state index contributed by atoms with van der Waals surface area (Å²) < 4.78 is 5.21. The molecular formula is C26H35N3O5. The number of methoxy groups -OCH3 is 1. The zero-order valence-corrected chi connectivity index (χ0v) is 20.5. The summed E-state index contributed by atoms with van der Waals surface area (Å²) in [6, 6.07) is 6.62. The number of carbonyl (C=O) groups excluding carboxylic acids is 4. The molecule has 2 aliphatic rings. The molecule has 4 amide bonds. The Morgan fingerprint density at radius 2 is 1.68 bits per heavy atom. The Bertz CT molecular complexity index is 914. The van der Waals surface area contributed by atoms with Crippen molar-refractivity contribution in [3.63, 3.8) is 0 Å². The first kappa shape index (κ1) is 25.5. The average molecular weight is 470 g/mol. The van der Waals surface area contributed by atoms with Crippen LogP contribution in [0.5, 0.6) is 5.75 Å². The predicted molar refractivity (Wildman–Crippen MR) is 128 cm³/mol. The van der Waals surface area contributed by atoms with Crippen LogP contribution >= 0.6 is 0 Å². The topological polar surface area (TPSA) is 96.0 Å². The van der Waals surface area contributed by atoms with E-state index in [1.165, 1.54) is 4.90 Å². The van der Waals surface area contributed by atoms with Crippen molar-refractivity contribution in [2.75, 3.05) is 13.7 Å². The van der Waals surface area contributed by atoms with Crippen molar-refractivity contribution in [1.29, 1.82) is 0 Å². The largest absolute Gasteiger partial charge is 0.497 e. The number of carbonyl (C=O) groups is 4. The molecule has 34 heavy (non-hydrogen) atoms. The van der Waals surface area contributed by atoms with E-state index in [0.717, 1.165) is 5.56 Å². The Kier molecular flexibility index (Phi) is 8.47. The highest BCUT2D eigenvalue weighted by Crippen LogP contribution is 2.35. The lowest BCUT2D eigenvalue weighted by atomic mass is 9.85. The van der Waals surface area contributed by atoms with Crippen molar-refractivity contribution in [1.82, 2.24) is 15.1 Å². The molecule has 1 heterocycles. The van der Waals surface area contributed by atoms with Gasteiger partial charge in [0.25, 0.3) is 0 Å². The van der Waals surface area contributed by atoms with Crippen LogP contribution in [0, 0.1) is 11.8 Å². The molecule has 1 fully saturated rings. The second-order valence-corrected chi connectivity index (χ2v) is 9.19. The Balaban J connectivity index is 1.75. The fraction of sp³-hybridized carbons (Fsp3) is 0.538. The van der Waals surface area contributed by atoms with Gasteiger partial charge in [-0.1, -0.05) is 31.2 Å². The molecule has 8 heteroatoms. The van der Waals surface area contributed by atoms with Gasteiger partial charge >= 0.3 is 0 Å². The molecule has 1 aliphatic heterocycles. The van der Waals surface area contributed by atoms with Crippen LogP contribution in [0.25, 0.3) is 0 Å². The third-order valence-corrected chi connectivity index (χ3v) is 6.48. The highest BCUT2D eigenvalue weighted by molar-refractivity contribution is 6.05. The van der Waals surface area contributed by atoms with Gasteiger partial charge in [-0.05, 0) is 50.8 Å². The lowest BCUT2D eigenvalue weighted by Gasteiger charge is -2.31. The minimum absolute atomic E-state index is 0.0219. The Morgan fingerprint density at radius 3 is 2.18 bits per heavy atom. The number of imide groups is 1. The number of nitrogens with one attached hydrogen (secondary N) is 1. The Morgan fingerprint density at radius 1 is 1.09 bits per heavy atom. The van der Waals surface area contributed by atoms with Gasteiger partial charge in [0.1, 0.15) is 11.8 Å². The van der Waals surface area contributed by atoms with E-state index in [0.29, 0.717) is 25.0 Å². The second-order valence-electron chi connectivity index (χ2n) is 9.19. The molecule has 1 aromatic rings. The van der Waals surface area contributed by atoms with Crippen LogP contribution in [0.2, 0.25) is 0 Å². The van der Waals surface area contributed by atoms with Crippen molar-refractivity contribution < 1.29 is 23.9 Å². The van der Waals surface area contributed by atoms with E-state index in [1.807, 2.05) is 57.2 Å². The van der Waals surface area contributed by atoms with E-state index in [9.17, 15) is 19.2 Å². The standard InChI is InChI=1S/C26H35N3O5/c1-5-22(24(31)27-17(2)3)29(16-18-10-12-19(34-4)13-11-18)23(30)14-15-28-25(32)20-8-6-7-9-21(20)26(28)33/h6-7,10-13,17,20-22H,5,8-9,14-16H2,1-4H3,(H,27,31)/t20-,21+,22-/m1/s1. The van der Waals surface area contributed by atoms with E-state index in [2.05, 4.69) is 5.32 Å². The van der Waals surface area contributed by atoms with Gasteiger partial charge in [-0.2, -0.15) is 0 Å². The minimum Gasteiger partial charge on any atom is -0.497 e. The lowest BCUT2D eigenvalue weighted by Crippen LogP contribution is -2.51. The highest BCUT2D eigenvalue weighted by Gasteiger charge is 2.47. The third kappa shape index (κ3) is 5.66. The number of amides is 4. The van der Waals surface area contributed by atoms with Crippen LogP contribution < -0.4 is 10.1 Å². The molecular weight excluding hydrogens is 434 g/mol. The average Bonchev–Trinajstić information content (AvgIpc) is 3.07. The number of allylic oxidation sites excluding steroid dienone is 2. The zero-order chi connectivity index (χ0) is 24.8. The quantitative estimate of drug-likeness (QED) is 0.420. The minimum atomic E-state index is -0.659. The summed E-state index contributed by atoms with van der Waals surface area (Å²) in [5.74, 6) is -0.809. The van der Waals surface area contributed by atoms with E-state index in [1.54, 1.807) is 12.0 Å². The number of ether oxygens (including phenoxy) is 1. The highest BCUT2D eigenvalue weighted by atomic mass is 16.5. The van der Waals surface area contributed by atoms with Crippen molar-refractivity contribution in [3.8, 4) is 5.75 Å². The van der Waals surface area contributed by atoms with Crippen LogP contribution in [0.1, 0.15) is 52.0 Å². The van der Waals surface area contributed by atoms with E-state index in [-0.39, 0.29) is 61.0 Å². The van der Waals surface area contributed by atoms with E-state index in [4.69, 9.17) is 4.74 Å². The van der Waals surface area contributed by atoms with Crippen LogP contribution in [-0.2, 0) is 25.7 Å². The first-order chi connectivity index (χ1) is 16.3. The Labute approximate surface area is 201 Å². The predicted octanol–water partition coefficient (Wildman–Crippen LogP) is 2.67. The molecule has 0 spiro atoms. The van der Waals surface area contributed by atoms with E-state index < -0.39 is 6.04 Å². The number of rotatable bonds is 10. The maximum absolute atomic E-state index is 13.4. The van der Waals surface area contributed by atoms with Gasteiger partial charge in [-0.25, -0.2) is 0 Å². The van der Waals surface area contributed by atoms with Crippen LogP contribution in [-0.4, -0.2) is 59.2 Å². The fourth-order valence-electron chi connectivity index (χ4n) is 4.67. The molecule has 8 nitrogen and oxygen atoms in total.